The largest absolute Gasteiger partial charge is 0.346 e. The summed E-state index contributed by atoms with van der Waals surface area (Å²) in [5, 5.41) is 6.75. The van der Waals surface area contributed by atoms with Gasteiger partial charge in [-0.1, -0.05) is 108 Å². The van der Waals surface area contributed by atoms with Gasteiger partial charge in [0, 0.05) is 35.6 Å². The number of halogens is 1. The number of nitrogens with two attached hydrogens (primary N) is 1. The summed E-state index contributed by atoms with van der Waals surface area (Å²) in [6.45, 7) is 5.60. The molecule has 0 spiro atoms. The summed E-state index contributed by atoms with van der Waals surface area (Å²) in [7, 11) is 0. The first-order valence-corrected chi connectivity index (χ1v) is 15.8. The number of rotatable bonds is 11. The van der Waals surface area contributed by atoms with E-state index in [1.54, 1.807) is 6.08 Å². The summed E-state index contributed by atoms with van der Waals surface area (Å²) >= 11 is 2.34. The average Bonchev–Trinajstić information content (AvgIpc) is 3.15. The Bertz CT molecular complexity index is 1260. The predicted octanol–water partition coefficient (Wildman–Crippen LogP) is 5.27. The van der Waals surface area contributed by atoms with Crippen LogP contribution in [-0.4, -0.2) is 54.0 Å². The fourth-order valence-corrected chi connectivity index (χ4v) is 5.98. The van der Waals surface area contributed by atoms with Gasteiger partial charge >= 0.3 is 0 Å². The molecular formula is C34H41IN4O2. The number of hydrogen-bond acceptors (Lipinski definition) is 4. The van der Waals surface area contributed by atoms with Crippen molar-refractivity contribution in [3.05, 3.63) is 113 Å². The zero-order valence-electron chi connectivity index (χ0n) is 23.9. The highest BCUT2D eigenvalue weighted by atomic mass is 127. The Balaban J connectivity index is 1.49. The molecule has 0 bridgehead atoms. The SMILES string of the molecule is CC(C)(NC(=O)/C=C/c1ccc(CI)cc1)[C@@H]1CCN(CC(c2ccccc2)c2ccccc2)C(=O)[C@H](CCN)N1. The number of hydrogen-bond donors (Lipinski definition) is 3. The maximum atomic E-state index is 13.8. The lowest BCUT2D eigenvalue weighted by Crippen LogP contribution is -2.60. The van der Waals surface area contributed by atoms with Crippen LogP contribution in [0.5, 0.6) is 0 Å². The molecule has 1 heterocycles. The van der Waals surface area contributed by atoms with Crippen molar-refractivity contribution in [3.8, 4) is 0 Å². The molecule has 2 atom stereocenters. The van der Waals surface area contributed by atoms with Gasteiger partial charge < -0.3 is 21.3 Å². The standard InChI is InChI=1S/C34H41IN4O2/c1-34(2,38-32(40)18-17-25-13-15-26(23-35)16-14-25)31-20-22-39(33(41)30(37-31)19-21-36)24-29(27-9-5-3-6-10-27)28-11-7-4-8-12-28/h3-18,29-31,37H,19-24,36H2,1-2H3,(H,38,40)/b18-17+/t30-,31-/m0/s1. The van der Waals surface area contributed by atoms with Gasteiger partial charge in [-0.15, -0.1) is 0 Å². The van der Waals surface area contributed by atoms with Crippen LogP contribution in [0.15, 0.2) is 91.0 Å². The Morgan fingerprint density at radius 1 is 1.05 bits per heavy atom. The van der Waals surface area contributed by atoms with E-state index in [1.807, 2.05) is 73.4 Å². The number of nitrogens with zero attached hydrogens (tertiary/aromatic N) is 1. The predicted molar refractivity (Wildman–Crippen MR) is 176 cm³/mol. The highest BCUT2D eigenvalue weighted by Gasteiger charge is 2.38. The molecule has 3 aromatic carbocycles. The molecule has 0 aliphatic carbocycles. The van der Waals surface area contributed by atoms with E-state index in [-0.39, 0.29) is 23.8 Å². The summed E-state index contributed by atoms with van der Waals surface area (Å²) in [5.74, 6) is -0.0437. The second kappa shape index (κ2) is 14.8. The minimum absolute atomic E-state index is 0.0558. The molecule has 4 rings (SSSR count). The summed E-state index contributed by atoms with van der Waals surface area (Å²) in [4.78, 5) is 28.8. The third-order valence-corrected chi connectivity index (χ3v) is 8.72. The number of benzene rings is 3. The monoisotopic (exact) mass is 664 g/mol. The van der Waals surface area contributed by atoms with Crippen molar-refractivity contribution < 1.29 is 9.59 Å². The van der Waals surface area contributed by atoms with Crippen molar-refractivity contribution in [2.75, 3.05) is 19.6 Å². The van der Waals surface area contributed by atoms with Gasteiger partial charge in [0.1, 0.15) is 0 Å². The van der Waals surface area contributed by atoms with Crippen molar-refractivity contribution in [1.29, 1.82) is 0 Å². The highest BCUT2D eigenvalue weighted by molar-refractivity contribution is 14.1. The summed E-state index contributed by atoms with van der Waals surface area (Å²) in [5.41, 5.74) is 9.96. The lowest BCUT2D eigenvalue weighted by Gasteiger charge is -2.36. The quantitative estimate of drug-likeness (QED) is 0.148. The Labute approximate surface area is 257 Å². The Morgan fingerprint density at radius 3 is 2.22 bits per heavy atom. The van der Waals surface area contributed by atoms with E-state index in [0.29, 0.717) is 32.5 Å². The molecule has 7 heteroatoms. The van der Waals surface area contributed by atoms with Gasteiger partial charge in [0.2, 0.25) is 11.8 Å². The molecule has 216 valence electrons. The highest BCUT2D eigenvalue weighted by Crippen LogP contribution is 2.28. The fourth-order valence-electron chi connectivity index (χ4n) is 5.47. The molecule has 1 saturated heterocycles. The first-order valence-electron chi connectivity index (χ1n) is 14.3. The van der Waals surface area contributed by atoms with Crippen LogP contribution in [0.1, 0.15) is 54.9 Å². The van der Waals surface area contributed by atoms with E-state index in [1.165, 1.54) is 16.7 Å². The third kappa shape index (κ3) is 8.50. The Hall–Kier alpha value is -3.01. The number of carbonyl (C=O) groups is 2. The molecule has 1 aliphatic heterocycles. The second-order valence-corrected chi connectivity index (χ2v) is 12.0. The molecule has 2 amide bonds. The van der Waals surface area contributed by atoms with Gasteiger partial charge in [0.25, 0.3) is 0 Å². The van der Waals surface area contributed by atoms with E-state index >= 15 is 0 Å². The maximum absolute atomic E-state index is 13.8. The third-order valence-electron chi connectivity index (χ3n) is 7.84. The molecular weight excluding hydrogens is 623 g/mol. The molecule has 3 aromatic rings. The molecule has 41 heavy (non-hydrogen) atoms. The lowest BCUT2D eigenvalue weighted by molar-refractivity contribution is -0.133. The zero-order chi connectivity index (χ0) is 29.2. The van der Waals surface area contributed by atoms with E-state index in [0.717, 1.165) is 9.99 Å². The van der Waals surface area contributed by atoms with Gasteiger partial charge in [0.05, 0.1) is 11.6 Å². The van der Waals surface area contributed by atoms with Crippen LogP contribution in [0.25, 0.3) is 6.08 Å². The molecule has 0 saturated carbocycles. The first kappa shape index (κ1) is 30.9. The van der Waals surface area contributed by atoms with E-state index < -0.39 is 11.6 Å². The minimum atomic E-state index is -0.589. The minimum Gasteiger partial charge on any atom is -0.346 e. The number of nitrogens with one attached hydrogen (secondary N) is 2. The van der Waals surface area contributed by atoms with Crippen molar-refractivity contribution in [3.63, 3.8) is 0 Å². The fraction of sp³-hybridized carbons (Fsp3) is 0.353. The van der Waals surface area contributed by atoms with Crippen LogP contribution in [0, 0.1) is 0 Å². The van der Waals surface area contributed by atoms with Crippen molar-refractivity contribution in [1.82, 2.24) is 15.5 Å². The van der Waals surface area contributed by atoms with Crippen LogP contribution in [-0.2, 0) is 14.0 Å². The van der Waals surface area contributed by atoms with E-state index in [4.69, 9.17) is 5.73 Å². The van der Waals surface area contributed by atoms with Gasteiger partial charge in [-0.25, -0.2) is 0 Å². The van der Waals surface area contributed by atoms with Crippen molar-refractivity contribution in [2.45, 2.75) is 54.7 Å². The lowest BCUT2D eigenvalue weighted by atomic mass is 9.90. The van der Waals surface area contributed by atoms with Crippen molar-refractivity contribution in [2.24, 2.45) is 5.73 Å². The molecule has 0 aromatic heterocycles. The normalized spacial score (nSPS) is 18.1. The first-order chi connectivity index (χ1) is 19.8. The second-order valence-electron chi connectivity index (χ2n) is 11.2. The van der Waals surface area contributed by atoms with E-state index in [2.05, 4.69) is 69.6 Å². The van der Waals surface area contributed by atoms with Crippen LogP contribution in [0.4, 0.5) is 0 Å². The van der Waals surface area contributed by atoms with Crippen LogP contribution in [0.2, 0.25) is 0 Å². The van der Waals surface area contributed by atoms with Crippen LogP contribution >= 0.6 is 22.6 Å². The van der Waals surface area contributed by atoms with Crippen LogP contribution < -0.4 is 16.4 Å². The van der Waals surface area contributed by atoms with Gasteiger partial charge in [-0.2, -0.15) is 0 Å². The van der Waals surface area contributed by atoms with Gasteiger partial charge in [-0.3, -0.25) is 9.59 Å². The smallest absolute Gasteiger partial charge is 0.244 e. The Kier molecular flexibility index (Phi) is 11.1. The van der Waals surface area contributed by atoms with Gasteiger partial charge in [-0.05, 0) is 61.6 Å². The van der Waals surface area contributed by atoms with Crippen LogP contribution in [0.3, 0.4) is 0 Å². The molecule has 0 radical (unpaired) electrons. The number of amides is 2. The summed E-state index contributed by atoms with van der Waals surface area (Å²) in [6.07, 6.45) is 4.65. The maximum Gasteiger partial charge on any atom is 0.244 e. The number of carbonyl (C=O) groups excluding carboxylic acids is 2. The summed E-state index contributed by atoms with van der Waals surface area (Å²) in [6, 6.07) is 28.4. The van der Waals surface area contributed by atoms with E-state index in [9.17, 15) is 9.59 Å². The topological polar surface area (TPSA) is 87.5 Å². The molecule has 4 N–H and O–H groups in total. The molecule has 0 unspecified atom stereocenters. The molecule has 1 aliphatic rings. The summed E-state index contributed by atoms with van der Waals surface area (Å²) < 4.78 is 0.953. The molecule has 1 fully saturated rings. The average molecular weight is 665 g/mol. The molecule has 6 nitrogen and oxygen atoms in total. The Morgan fingerprint density at radius 2 is 1.66 bits per heavy atom. The van der Waals surface area contributed by atoms with Crippen molar-refractivity contribution >= 4 is 40.5 Å². The number of alkyl halides is 1. The van der Waals surface area contributed by atoms with Gasteiger partial charge in [0.15, 0.2) is 0 Å². The zero-order valence-corrected chi connectivity index (χ0v) is 26.1.